The molecular weight excluding hydrogens is 300 g/mol. The van der Waals surface area contributed by atoms with Crippen molar-refractivity contribution in [1.29, 1.82) is 0 Å². The molecule has 110 valence electrons. The van der Waals surface area contributed by atoms with E-state index in [1.165, 1.54) is 24.3 Å². The van der Waals surface area contributed by atoms with Gasteiger partial charge in [-0.1, -0.05) is 11.6 Å². The first-order valence-corrected chi connectivity index (χ1v) is 8.42. The fraction of sp³-hybridized carbons (Fsp3) is 0.462. The van der Waals surface area contributed by atoms with E-state index in [0.717, 1.165) is 12.8 Å². The van der Waals surface area contributed by atoms with Crippen molar-refractivity contribution in [1.82, 2.24) is 5.32 Å². The molecule has 0 aromatic heterocycles. The molecule has 0 aliphatic heterocycles. The van der Waals surface area contributed by atoms with Gasteiger partial charge in [0.05, 0.1) is 4.90 Å². The number of sulfone groups is 1. The summed E-state index contributed by atoms with van der Waals surface area (Å²) in [7, 11) is -3.64. The molecule has 1 aliphatic rings. The molecule has 1 aliphatic carbocycles. The maximum atomic E-state index is 12.0. The van der Waals surface area contributed by atoms with Gasteiger partial charge in [-0.05, 0) is 43.0 Å². The summed E-state index contributed by atoms with van der Waals surface area (Å²) in [6.07, 6.45) is 2.17. The number of rotatable bonds is 6. The van der Waals surface area contributed by atoms with E-state index in [0.29, 0.717) is 17.5 Å². The molecule has 0 bridgehead atoms. The summed E-state index contributed by atoms with van der Waals surface area (Å²) in [6, 6.07) is 5.66. The van der Waals surface area contributed by atoms with E-state index in [1.54, 1.807) is 0 Å². The van der Waals surface area contributed by atoms with Gasteiger partial charge < -0.3 is 11.1 Å². The molecule has 1 amide bonds. The number of halogens is 1. The molecule has 1 unspecified atom stereocenters. The molecule has 1 aromatic carbocycles. The lowest BCUT2D eigenvalue weighted by molar-refractivity contribution is -0.118. The Morgan fingerprint density at radius 2 is 1.95 bits per heavy atom. The molecule has 3 N–H and O–H groups in total. The molecule has 2 rings (SSSR count). The van der Waals surface area contributed by atoms with E-state index >= 15 is 0 Å². The minimum absolute atomic E-state index is 0.0859. The number of nitrogens with one attached hydrogen (secondary N) is 1. The molecule has 7 heteroatoms. The van der Waals surface area contributed by atoms with Gasteiger partial charge in [-0.25, -0.2) is 8.42 Å². The quantitative estimate of drug-likeness (QED) is 0.818. The van der Waals surface area contributed by atoms with Crippen LogP contribution in [-0.2, 0) is 14.6 Å². The van der Waals surface area contributed by atoms with Gasteiger partial charge in [0.25, 0.3) is 0 Å². The third kappa shape index (κ3) is 4.19. The van der Waals surface area contributed by atoms with Crippen molar-refractivity contribution in [2.75, 3.05) is 12.3 Å². The number of carbonyl (C=O) groups excluding carboxylic acids is 1. The van der Waals surface area contributed by atoms with Crippen LogP contribution < -0.4 is 11.1 Å². The maximum Gasteiger partial charge on any atom is 0.235 e. The van der Waals surface area contributed by atoms with Crippen molar-refractivity contribution >= 4 is 27.3 Å². The van der Waals surface area contributed by atoms with Crippen LogP contribution in [0.1, 0.15) is 12.8 Å². The summed E-state index contributed by atoms with van der Waals surface area (Å²) in [5.41, 5.74) is 5.84. The summed E-state index contributed by atoms with van der Waals surface area (Å²) in [5, 5.41) is 3.02. The van der Waals surface area contributed by atoms with Crippen LogP contribution in [0.2, 0.25) is 5.02 Å². The second kappa shape index (κ2) is 6.11. The Morgan fingerprint density at radius 3 is 2.50 bits per heavy atom. The number of nitrogens with two attached hydrogens (primary N) is 1. The maximum absolute atomic E-state index is 12.0. The topological polar surface area (TPSA) is 89.3 Å². The van der Waals surface area contributed by atoms with Gasteiger partial charge in [0.15, 0.2) is 9.84 Å². The van der Waals surface area contributed by atoms with Crippen LogP contribution in [0.3, 0.4) is 0 Å². The molecule has 0 saturated heterocycles. The molecule has 0 radical (unpaired) electrons. The second-order valence-electron chi connectivity index (χ2n) is 5.02. The van der Waals surface area contributed by atoms with Crippen LogP contribution in [0.5, 0.6) is 0 Å². The highest BCUT2D eigenvalue weighted by molar-refractivity contribution is 7.92. The minimum Gasteiger partial charge on any atom is -0.354 e. The highest BCUT2D eigenvalue weighted by atomic mass is 35.5. The van der Waals surface area contributed by atoms with Gasteiger partial charge in [0.2, 0.25) is 5.91 Å². The summed E-state index contributed by atoms with van der Waals surface area (Å²) in [4.78, 5) is 11.8. The SMILES string of the molecule is NC(CNC(=O)CS(=O)(=O)c1ccc(Cl)cc1)C1CC1. The zero-order valence-corrected chi connectivity index (χ0v) is 12.5. The van der Waals surface area contributed by atoms with Crippen molar-refractivity contribution in [2.24, 2.45) is 11.7 Å². The van der Waals surface area contributed by atoms with Crippen molar-refractivity contribution < 1.29 is 13.2 Å². The van der Waals surface area contributed by atoms with Crippen LogP contribution >= 0.6 is 11.6 Å². The van der Waals surface area contributed by atoms with Crippen LogP contribution in [0, 0.1) is 5.92 Å². The molecule has 0 spiro atoms. The highest BCUT2D eigenvalue weighted by Crippen LogP contribution is 2.31. The molecule has 0 heterocycles. The predicted molar refractivity (Wildman–Crippen MR) is 77.2 cm³/mol. The first-order chi connectivity index (χ1) is 9.38. The van der Waals surface area contributed by atoms with Crippen LogP contribution in [0.25, 0.3) is 0 Å². The predicted octanol–water partition coefficient (Wildman–Crippen LogP) is 0.967. The molecular formula is C13H17ClN2O3S. The minimum atomic E-state index is -3.64. The Balaban J connectivity index is 1.90. The van der Waals surface area contributed by atoms with E-state index in [9.17, 15) is 13.2 Å². The summed E-state index contributed by atoms with van der Waals surface area (Å²) in [6.45, 7) is 0.319. The molecule has 1 aromatic rings. The average Bonchev–Trinajstić information content (AvgIpc) is 3.20. The van der Waals surface area contributed by atoms with E-state index < -0.39 is 21.5 Å². The number of amides is 1. The molecule has 5 nitrogen and oxygen atoms in total. The number of hydrogen-bond acceptors (Lipinski definition) is 4. The smallest absolute Gasteiger partial charge is 0.235 e. The summed E-state index contributed by atoms with van der Waals surface area (Å²) >= 11 is 5.70. The number of benzene rings is 1. The Hall–Kier alpha value is -1.11. The Morgan fingerprint density at radius 1 is 1.35 bits per heavy atom. The van der Waals surface area contributed by atoms with E-state index in [1.807, 2.05) is 0 Å². The Bertz CT molecular complexity index is 582. The van der Waals surface area contributed by atoms with Gasteiger partial charge in [-0.3, -0.25) is 4.79 Å². The standard InChI is InChI=1S/C13H17ClN2O3S/c14-10-3-5-11(6-4-10)20(18,19)8-13(17)16-7-12(15)9-1-2-9/h3-6,9,12H,1-2,7-8,15H2,(H,16,17). The van der Waals surface area contributed by atoms with E-state index in [2.05, 4.69) is 5.32 Å². The lowest BCUT2D eigenvalue weighted by Gasteiger charge is -2.11. The van der Waals surface area contributed by atoms with Gasteiger partial charge in [-0.15, -0.1) is 0 Å². The number of carbonyl (C=O) groups is 1. The second-order valence-corrected chi connectivity index (χ2v) is 7.44. The van der Waals surface area contributed by atoms with Gasteiger partial charge in [-0.2, -0.15) is 0 Å². The Labute approximate surface area is 123 Å². The summed E-state index contributed by atoms with van der Waals surface area (Å²) < 4.78 is 24.0. The average molecular weight is 317 g/mol. The molecule has 1 saturated carbocycles. The summed E-state index contributed by atoms with van der Waals surface area (Å²) in [5.74, 6) is -0.648. The van der Waals surface area contributed by atoms with E-state index in [4.69, 9.17) is 17.3 Å². The fourth-order valence-corrected chi connectivity index (χ4v) is 3.16. The van der Waals surface area contributed by atoms with E-state index in [-0.39, 0.29) is 10.9 Å². The lowest BCUT2D eigenvalue weighted by atomic mass is 10.2. The highest BCUT2D eigenvalue weighted by Gasteiger charge is 2.29. The first kappa shape index (κ1) is 15.3. The zero-order valence-electron chi connectivity index (χ0n) is 10.9. The van der Waals surface area contributed by atoms with Crippen LogP contribution in [0.15, 0.2) is 29.2 Å². The molecule has 20 heavy (non-hydrogen) atoms. The van der Waals surface area contributed by atoms with Crippen LogP contribution in [-0.4, -0.2) is 32.7 Å². The molecule has 1 fully saturated rings. The monoisotopic (exact) mass is 316 g/mol. The zero-order chi connectivity index (χ0) is 14.8. The van der Waals surface area contributed by atoms with Crippen molar-refractivity contribution in [3.8, 4) is 0 Å². The van der Waals surface area contributed by atoms with Crippen molar-refractivity contribution in [3.63, 3.8) is 0 Å². The van der Waals surface area contributed by atoms with Gasteiger partial charge in [0.1, 0.15) is 5.75 Å². The largest absolute Gasteiger partial charge is 0.354 e. The third-order valence-corrected chi connectivity index (χ3v) is 5.14. The van der Waals surface area contributed by atoms with Crippen molar-refractivity contribution in [3.05, 3.63) is 29.3 Å². The first-order valence-electron chi connectivity index (χ1n) is 6.39. The van der Waals surface area contributed by atoms with Gasteiger partial charge >= 0.3 is 0 Å². The fourth-order valence-electron chi connectivity index (χ4n) is 1.87. The van der Waals surface area contributed by atoms with Crippen LogP contribution in [0.4, 0.5) is 0 Å². The van der Waals surface area contributed by atoms with Crippen molar-refractivity contribution in [2.45, 2.75) is 23.8 Å². The normalized spacial score (nSPS) is 16.7. The number of hydrogen-bond donors (Lipinski definition) is 2. The van der Waals surface area contributed by atoms with Gasteiger partial charge in [0, 0.05) is 17.6 Å². The third-order valence-electron chi connectivity index (χ3n) is 3.26. The molecule has 1 atom stereocenters. The Kier molecular flexibility index (Phi) is 4.67. The lowest BCUT2D eigenvalue weighted by Crippen LogP contribution is -2.40.